The van der Waals surface area contributed by atoms with Crippen molar-refractivity contribution < 1.29 is 18.7 Å². The lowest BCUT2D eigenvalue weighted by atomic mass is 10.2. The molecule has 126 valence electrons. The molecule has 0 spiro atoms. The monoisotopic (exact) mass is 347 g/mol. The molecule has 0 radical (unpaired) electrons. The van der Waals surface area contributed by atoms with Crippen LogP contribution in [0.2, 0.25) is 0 Å². The number of esters is 1. The summed E-state index contributed by atoms with van der Waals surface area (Å²) in [5.74, 6) is -1.54. The van der Waals surface area contributed by atoms with Crippen molar-refractivity contribution in [2.24, 2.45) is 0 Å². The van der Waals surface area contributed by atoms with E-state index in [2.05, 4.69) is 5.32 Å². The zero-order valence-corrected chi connectivity index (χ0v) is 14.4. The van der Waals surface area contributed by atoms with E-state index < -0.39 is 23.8 Å². The van der Waals surface area contributed by atoms with Gasteiger partial charge in [-0.2, -0.15) is 0 Å². The van der Waals surface area contributed by atoms with Crippen LogP contribution in [0.25, 0.3) is 6.08 Å². The highest BCUT2D eigenvalue weighted by Crippen LogP contribution is 2.17. The molecule has 1 atom stereocenters. The average Bonchev–Trinajstić information content (AvgIpc) is 2.94. The molecule has 0 aliphatic carbocycles. The fourth-order valence-corrected chi connectivity index (χ4v) is 2.70. The SMILES string of the molecule is Cc1ccc(NC(=O)[C@H](C)OC(=O)/C=C/c2sccc2C)cc1F. The number of halogens is 1. The van der Waals surface area contributed by atoms with Crippen LogP contribution >= 0.6 is 11.3 Å². The summed E-state index contributed by atoms with van der Waals surface area (Å²) >= 11 is 1.51. The smallest absolute Gasteiger partial charge is 0.331 e. The van der Waals surface area contributed by atoms with Crippen LogP contribution in [-0.4, -0.2) is 18.0 Å². The molecule has 6 heteroatoms. The second-order valence-corrected chi connectivity index (χ2v) is 6.28. The first kappa shape index (κ1) is 17.9. The van der Waals surface area contributed by atoms with Crippen molar-refractivity contribution in [1.29, 1.82) is 0 Å². The zero-order chi connectivity index (χ0) is 17.7. The second kappa shape index (κ2) is 7.88. The highest BCUT2D eigenvalue weighted by atomic mass is 32.1. The van der Waals surface area contributed by atoms with Gasteiger partial charge in [0.2, 0.25) is 0 Å². The predicted molar refractivity (Wildman–Crippen MR) is 93.4 cm³/mol. The van der Waals surface area contributed by atoms with Crippen LogP contribution < -0.4 is 5.32 Å². The Morgan fingerprint density at radius 1 is 1.25 bits per heavy atom. The van der Waals surface area contributed by atoms with Gasteiger partial charge in [0.25, 0.3) is 5.91 Å². The minimum atomic E-state index is -0.990. The number of amides is 1. The Labute approximate surface area is 144 Å². The fraction of sp³-hybridized carbons (Fsp3) is 0.222. The number of hydrogen-bond acceptors (Lipinski definition) is 4. The first-order chi connectivity index (χ1) is 11.4. The van der Waals surface area contributed by atoms with Gasteiger partial charge in [-0.25, -0.2) is 9.18 Å². The molecule has 2 aromatic rings. The van der Waals surface area contributed by atoms with Crippen molar-refractivity contribution in [1.82, 2.24) is 0 Å². The Morgan fingerprint density at radius 2 is 2.00 bits per heavy atom. The van der Waals surface area contributed by atoms with Gasteiger partial charge in [-0.05, 0) is 61.6 Å². The summed E-state index contributed by atoms with van der Waals surface area (Å²) in [6.07, 6.45) is 1.95. The topological polar surface area (TPSA) is 55.4 Å². The molecule has 1 N–H and O–H groups in total. The quantitative estimate of drug-likeness (QED) is 0.655. The Bertz CT molecular complexity index is 782. The number of carbonyl (C=O) groups excluding carboxylic acids is 2. The lowest BCUT2D eigenvalue weighted by molar-refractivity contribution is -0.148. The fourth-order valence-electron chi connectivity index (χ4n) is 1.88. The summed E-state index contributed by atoms with van der Waals surface area (Å²) in [7, 11) is 0. The third-order valence-electron chi connectivity index (χ3n) is 3.37. The minimum absolute atomic E-state index is 0.316. The van der Waals surface area contributed by atoms with Crippen LogP contribution in [0, 0.1) is 19.7 Å². The van der Waals surface area contributed by atoms with E-state index in [1.165, 1.54) is 30.4 Å². The van der Waals surface area contributed by atoms with Gasteiger partial charge in [0.05, 0.1) is 0 Å². The molecule has 4 nitrogen and oxygen atoms in total. The summed E-state index contributed by atoms with van der Waals surface area (Å²) in [5, 5.41) is 4.44. The van der Waals surface area contributed by atoms with E-state index in [0.717, 1.165) is 10.4 Å². The molecular formula is C18H18FNO3S. The molecule has 1 aromatic carbocycles. The number of hydrogen-bond donors (Lipinski definition) is 1. The maximum absolute atomic E-state index is 13.5. The standard InChI is InChI=1S/C18H18FNO3S/c1-11-4-5-14(10-15(11)19)20-18(22)13(3)23-17(21)7-6-16-12(2)8-9-24-16/h4-10,13H,1-3H3,(H,20,22)/b7-6+/t13-/m0/s1. The lowest BCUT2D eigenvalue weighted by Gasteiger charge is -2.12. The van der Waals surface area contributed by atoms with Gasteiger partial charge in [-0.15, -0.1) is 11.3 Å². The van der Waals surface area contributed by atoms with Gasteiger partial charge >= 0.3 is 5.97 Å². The second-order valence-electron chi connectivity index (χ2n) is 5.33. The number of ether oxygens (including phenoxy) is 1. The van der Waals surface area contributed by atoms with Gasteiger partial charge in [-0.3, -0.25) is 4.79 Å². The summed E-state index contributed by atoms with van der Waals surface area (Å²) in [4.78, 5) is 24.7. The number of aryl methyl sites for hydroxylation is 2. The maximum Gasteiger partial charge on any atom is 0.331 e. The van der Waals surface area contributed by atoms with Crippen molar-refractivity contribution >= 4 is 35.0 Å². The third-order valence-corrected chi connectivity index (χ3v) is 4.36. The molecule has 1 amide bonds. The maximum atomic E-state index is 13.5. The highest BCUT2D eigenvalue weighted by Gasteiger charge is 2.17. The molecule has 0 saturated carbocycles. The number of anilines is 1. The summed E-state index contributed by atoms with van der Waals surface area (Å²) in [6.45, 7) is 5.03. The molecular weight excluding hydrogens is 329 g/mol. The van der Waals surface area contributed by atoms with Crippen molar-refractivity contribution in [3.8, 4) is 0 Å². The first-order valence-corrected chi connectivity index (χ1v) is 8.24. The normalized spacial score (nSPS) is 12.2. The van der Waals surface area contributed by atoms with E-state index in [1.807, 2.05) is 18.4 Å². The zero-order valence-electron chi connectivity index (χ0n) is 13.6. The van der Waals surface area contributed by atoms with Gasteiger partial charge in [0.15, 0.2) is 6.10 Å². The largest absolute Gasteiger partial charge is 0.449 e. The number of thiophene rings is 1. The minimum Gasteiger partial charge on any atom is -0.449 e. The van der Waals surface area contributed by atoms with Gasteiger partial charge < -0.3 is 10.1 Å². The molecule has 0 unspecified atom stereocenters. The number of carbonyl (C=O) groups is 2. The molecule has 1 heterocycles. The van der Waals surface area contributed by atoms with Crippen LogP contribution in [-0.2, 0) is 14.3 Å². The Morgan fingerprint density at radius 3 is 2.62 bits per heavy atom. The predicted octanol–water partition coefficient (Wildman–Crippen LogP) is 4.09. The molecule has 0 saturated heterocycles. The van der Waals surface area contributed by atoms with E-state index in [9.17, 15) is 14.0 Å². The number of nitrogens with one attached hydrogen (secondary N) is 1. The van der Waals surface area contributed by atoms with E-state index in [-0.39, 0.29) is 0 Å². The van der Waals surface area contributed by atoms with Gasteiger partial charge in [0, 0.05) is 16.6 Å². The average molecular weight is 347 g/mol. The molecule has 1 aromatic heterocycles. The molecule has 0 aliphatic rings. The van der Waals surface area contributed by atoms with E-state index in [4.69, 9.17) is 4.74 Å². The van der Waals surface area contributed by atoms with Gasteiger partial charge in [-0.1, -0.05) is 6.07 Å². The Balaban J connectivity index is 1.91. The summed E-state index contributed by atoms with van der Waals surface area (Å²) in [5.41, 5.74) is 1.87. The molecule has 24 heavy (non-hydrogen) atoms. The Hall–Kier alpha value is -2.47. The van der Waals surface area contributed by atoms with Crippen molar-refractivity contribution in [3.63, 3.8) is 0 Å². The van der Waals surface area contributed by atoms with Crippen LogP contribution in [0.5, 0.6) is 0 Å². The lowest BCUT2D eigenvalue weighted by Crippen LogP contribution is -2.29. The van der Waals surface area contributed by atoms with E-state index in [0.29, 0.717) is 11.3 Å². The van der Waals surface area contributed by atoms with E-state index >= 15 is 0 Å². The third kappa shape index (κ3) is 4.76. The summed E-state index contributed by atoms with van der Waals surface area (Å²) < 4.78 is 18.5. The molecule has 0 bridgehead atoms. The first-order valence-electron chi connectivity index (χ1n) is 7.36. The molecule has 0 fully saturated rings. The van der Waals surface area contributed by atoms with Crippen LogP contribution in [0.4, 0.5) is 10.1 Å². The van der Waals surface area contributed by atoms with Crippen LogP contribution in [0.3, 0.4) is 0 Å². The summed E-state index contributed by atoms with van der Waals surface area (Å²) in [6, 6.07) is 6.33. The van der Waals surface area contributed by atoms with Gasteiger partial charge in [0.1, 0.15) is 5.82 Å². The van der Waals surface area contributed by atoms with Crippen molar-refractivity contribution in [3.05, 3.63) is 57.5 Å². The van der Waals surface area contributed by atoms with Crippen molar-refractivity contribution in [2.45, 2.75) is 26.9 Å². The van der Waals surface area contributed by atoms with Crippen molar-refractivity contribution in [2.75, 3.05) is 5.32 Å². The van der Waals surface area contributed by atoms with Crippen LogP contribution in [0.15, 0.2) is 35.7 Å². The molecule has 2 rings (SSSR count). The Kier molecular flexibility index (Phi) is 5.87. The number of benzene rings is 1. The highest BCUT2D eigenvalue weighted by molar-refractivity contribution is 7.11. The molecule has 0 aliphatic heterocycles. The van der Waals surface area contributed by atoms with Crippen LogP contribution in [0.1, 0.15) is 22.9 Å². The number of rotatable bonds is 5. The van der Waals surface area contributed by atoms with E-state index in [1.54, 1.807) is 25.1 Å².